The Morgan fingerprint density at radius 1 is 1.46 bits per heavy atom. The van der Waals surface area contributed by atoms with Crippen molar-refractivity contribution in [3.05, 3.63) is 28.7 Å². The Hall–Kier alpha value is -2.20. The van der Waals surface area contributed by atoms with Gasteiger partial charge in [0.2, 0.25) is 0 Å². The van der Waals surface area contributed by atoms with Crippen molar-refractivity contribution in [1.29, 1.82) is 0 Å². The highest BCUT2D eigenvalue weighted by Crippen LogP contribution is 2.38. The van der Waals surface area contributed by atoms with Crippen LogP contribution in [0.1, 0.15) is 18.4 Å². The van der Waals surface area contributed by atoms with Gasteiger partial charge in [-0.15, -0.1) is 0 Å². The van der Waals surface area contributed by atoms with Gasteiger partial charge in [0, 0.05) is 18.1 Å². The Kier molecular flexibility index (Phi) is 6.92. The van der Waals surface area contributed by atoms with Crippen LogP contribution in [0, 0.1) is 0 Å². The molecule has 0 aliphatic carbocycles. The van der Waals surface area contributed by atoms with E-state index < -0.39 is 18.5 Å². The van der Waals surface area contributed by atoms with Crippen LogP contribution in [0.5, 0.6) is 11.5 Å². The molecule has 26 heavy (non-hydrogen) atoms. The van der Waals surface area contributed by atoms with Gasteiger partial charge in [0.1, 0.15) is 4.32 Å². The molecule has 6 nitrogen and oxygen atoms in total. The average molecular weight is 402 g/mol. The Morgan fingerprint density at radius 3 is 2.81 bits per heavy atom. The third-order valence-electron chi connectivity index (χ3n) is 3.36. The lowest BCUT2D eigenvalue weighted by Crippen LogP contribution is -2.30. The van der Waals surface area contributed by atoms with Crippen molar-refractivity contribution in [2.45, 2.75) is 19.5 Å². The maximum Gasteiger partial charge on any atom is 0.387 e. The van der Waals surface area contributed by atoms with E-state index in [2.05, 4.69) is 4.74 Å². The minimum atomic E-state index is -3.06. The first-order valence-electron chi connectivity index (χ1n) is 7.40. The predicted molar refractivity (Wildman–Crippen MR) is 93.7 cm³/mol. The summed E-state index contributed by atoms with van der Waals surface area (Å²) in [6.07, 6.45) is 1.39. The highest BCUT2D eigenvalue weighted by molar-refractivity contribution is 8.26. The molecule has 0 bridgehead atoms. The normalized spacial score (nSPS) is 15.8. The third kappa shape index (κ3) is 4.92. The molecule has 0 spiro atoms. The number of alkyl halides is 2. The zero-order valence-corrected chi connectivity index (χ0v) is 15.2. The summed E-state index contributed by atoms with van der Waals surface area (Å²) in [5, 5.41) is 10.5. The van der Waals surface area contributed by atoms with Crippen molar-refractivity contribution in [2.24, 2.45) is 0 Å². The standard InChI is InChI=1S/C16H15F2NO5S2/c1-23-10-5-2-4-9(13(10)24-15(17)18)8-11-14(22)19(16(25)26-11)7-3-6-12(20)21/h2,4-5,8,15H,3,6-7H2,1H3,(H,20,21)/p-1/b11-8-. The quantitative estimate of drug-likeness (QED) is 0.486. The van der Waals surface area contributed by atoms with E-state index in [0.29, 0.717) is 0 Å². The molecular formula is C16H14F2NO5S2-. The maximum atomic E-state index is 12.7. The van der Waals surface area contributed by atoms with Crippen molar-refractivity contribution < 1.29 is 33.0 Å². The van der Waals surface area contributed by atoms with Crippen LogP contribution in [-0.2, 0) is 9.59 Å². The molecule has 0 unspecified atom stereocenters. The fourth-order valence-corrected chi connectivity index (χ4v) is 3.54. The first-order valence-corrected chi connectivity index (χ1v) is 8.63. The van der Waals surface area contributed by atoms with E-state index in [0.717, 1.165) is 11.8 Å². The molecule has 1 aliphatic heterocycles. The number of carbonyl (C=O) groups excluding carboxylic acids is 2. The van der Waals surface area contributed by atoms with Crippen LogP contribution >= 0.6 is 24.0 Å². The molecule has 0 radical (unpaired) electrons. The predicted octanol–water partition coefficient (Wildman–Crippen LogP) is 2.03. The summed E-state index contributed by atoms with van der Waals surface area (Å²) in [5.74, 6) is -1.73. The van der Waals surface area contributed by atoms with Crippen LogP contribution < -0.4 is 14.6 Å². The number of hydrogen-bond donors (Lipinski definition) is 0. The average Bonchev–Trinajstić information content (AvgIpc) is 2.83. The molecule has 10 heteroatoms. The second kappa shape index (κ2) is 8.95. The first-order chi connectivity index (χ1) is 12.3. The zero-order chi connectivity index (χ0) is 19.3. The van der Waals surface area contributed by atoms with Gasteiger partial charge in [-0.25, -0.2) is 0 Å². The van der Waals surface area contributed by atoms with Crippen LogP contribution in [0.25, 0.3) is 6.08 Å². The van der Waals surface area contributed by atoms with E-state index in [4.69, 9.17) is 17.0 Å². The van der Waals surface area contributed by atoms with Crippen molar-refractivity contribution in [3.63, 3.8) is 0 Å². The van der Waals surface area contributed by atoms with Crippen LogP contribution in [0.2, 0.25) is 0 Å². The molecule has 0 saturated carbocycles. The SMILES string of the molecule is COc1cccc(/C=C2\SC(=S)N(CCCC(=O)[O-])C2=O)c1OC(F)F. The lowest BCUT2D eigenvalue weighted by atomic mass is 10.1. The molecular weight excluding hydrogens is 388 g/mol. The van der Waals surface area contributed by atoms with Gasteiger partial charge in [-0.3, -0.25) is 9.69 Å². The van der Waals surface area contributed by atoms with E-state index in [1.807, 2.05) is 0 Å². The van der Waals surface area contributed by atoms with Crippen LogP contribution in [0.4, 0.5) is 8.78 Å². The summed E-state index contributed by atoms with van der Waals surface area (Å²) in [7, 11) is 1.31. The van der Waals surface area contributed by atoms with Gasteiger partial charge < -0.3 is 19.4 Å². The Balaban J connectivity index is 2.26. The Bertz CT molecular complexity index is 754. The van der Waals surface area contributed by atoms with E-state index in [1.54, 1.807) is 6.07 Å². The number of hydrogen-bond acceptors (Lipinski definition) is 7. The summed E-state index contributed by atoms with van der Waals surface area (Å²) in [4.78, 5) is 24.4. The maximum absolute atomic E-state index is 12.7. The van der Waals surface area contributed by atoms with Gasteiger partial charge in [0.25, 0.3) is 5.91 Å². The smallest absolute Gasteiger partial charge is 0.387 e. The minimum absolute atomic E-state index is 0.100. The number of carboxylic acid groups (broad SMARTS) is 1. The molecule has 1 amide bonds. The van der Waals surface area contributed by atoms with Crippen LogP contribution in [-0.4, -0.2) is 41.4 Å². The van der Waals surface area contributed by atoms with E-state index in [1.165, 1.54) is 30.2 Å². The number of halogens is 2. The molecule has 1 saturated heterocycles. The molecule has 140 valence electrons. The number of aliphatic carboxylic acids is 1. The van der Waals surface area contributed by atoms with Gasteiger partial charge in [-0.05, 0) is 25.0 Å². The third-order valence-corrected chi connectivity index (χ3v) is 4.74. The number of carbonyl (C=O) groups is 2. The van der Waals surface area contributed by atoms with E-state index in [9.17, 15) is 23.5 Å². The van der Waals surface area contributed by atoms with E-state index in [-0.39, 0.29) is 45.7 Å². The molecule has 1 aromatic carbocycles. The number of para-hydroxylation sites is 1. The lowest BCUT2D eigenvalue weighted by molar-refractivity contribution is -0.305. The minimum Gasteiger partial charge on any atom is -0.550 e. The topological polar surface area (TPSA) is 78.9 Å². The Morgan fingerprint density at radius 2 is 2.19 bits per heavy atom. The van der Waals surface area contributed by atoms with Gasteiger partial charge in [0.15, 0.2) is 11.5 Å². The summed E-state index contributed by atoms with van der Waals surface area (Å²) in [6, 6.07) is 4.53. The number of amides is 1. The molecule has 1 aliphatic rings. The number of methoxy groups -OCH3 is 1. The van der Waals surface area contributed by atoms with Gasteiger partial charge in [-0.2, -0.15) is 8.78 Å². The number of rotatable bonds is 8. The van der Waals surface area contributed by atoms with Crippen molar-refractivity contribution >= 4 is 46.3 Å². The largest absolute Gasteiger partial charge is 0.550 e. The number of benzene rings is 1. The number of nitrogens with zero attached hydrogens (tertiary/aromatic N) is 1. The number of carboxylic acids is 1. The highest BCUT2D eigenvalue weighted by Gasteiger charge is 2.32. The van der Waals surface area contributed by atoms with Crippen molar-refractivity contribution in [3.8, 4) is 11.5 Å². The summed E-state index contributed by atoms with van der Waals surface area (Å²) >= 11 is 6.13. The number of thiocarbonyl (C=S) groups is 1. The van der Waals surface area contributed by atoms with Crippen molar-refractivity contribution in [2.75, 3.05) is 13.7 Å². The number of ether oxygens (including phenoxy) is 2. The molecule has 0 aromatic heterocycles. The van der Waals surface area contributed by atoms with Gasteiger partial charge in [0.05, 0.1) is 12.0 Å². The molecule has 1 aromatic rings. The second-order valence-electron chi connectivity index (χ2n) is 5.07. The molecule has 1 fully saturated rings. The first kappa shape index (κ1) is 20.1. The Labute approximate surface area is 157 Å². The van der Waals surface area contributed by atoms with Crippen LogP contribution in [0.3, 0.4) is 0 Å². The summed E-state index contributed by atoms with van der Waals surface area (Å²) < 4.78 is 35.2. The second-order valence-corrected chi connectivity index (χ2v) is 6.74. The van der Waals surface area contributed by atoms with Gasteiger partial charge in [-0.1, -0.05) is 36.1 Å². The molecule has 1 heterocycles. The monoisotopic (exact) mass is 402 g/mol. The zero-order valence-electron chi connectivity index (χ0n) is 13.6. The van der Waals surface area contributed by atoms with E-state index >= 15 is 0 Å². The van der Waals surface area contributed by atoms with Crippen molar-refractivity contribution in [1.82, 2.24) is 4.90 Å². The highest BCUT2D eigenvalue weighted by atomic mass is 32.2. The van der Waals surface area contributed by atoms with Crippen LogP contribution in [0.15, 0.2) is 23.1 Å². The molecule has 2 rings (SSSR count). The summed E-state index contributed by atoms with van der Waals surface area (Å²) in [6.45, 7) is -2.92. The fraction of sp³-hybridized carbons (Fsp3) is 0.312. The molecule has 0 N–H and O–H groups in total. The lowest BCUT2D eigenvalue weighted by Gasteiger charge is -2.14. The van der Waals surface area contributed by atoms with Gasteiger partial charge >= 0.3 is 6.61 Å². The fourth-order valence-electron chi connectivity index (χ4n) is 2.24. The summed E-state index contributed by atoms with van der Waals surface area (Å²) in [5.41, 5.74) is 0.236. The number of thioether (sulfide) groups is 1. The molecule has 0 atom stereocenters.